The lowest BCUT2D eigenvalue weighted by molar-refractivity contribution is -0.122. The van der Waals surface area contributed by atoms with E-state index >= 15 is 0 Å². The van der Waals surface area contributed by atoms with E-state index in [1.54, 1.807) is 6.07 Å². The fourth-order valence-corrected chi connectivity index (χ4v) is 4.58. The number of rotatable bonds is 9. The molecule has 1 aliphatic heterocycles. The van der Waals surface area contributed by atoms with E-state index < -0.39 is 0 Å². The number of hydrogen-bond acceptors (Lipinski definition) is 5. The van der Waals surface area contributed by atoms with Crippen LogP contribution in [0, 0.1) is 0 Å². The monoisotopic (exact) mass is 470 g/mol. The number of nitrogens with zero attached hydrogens (tertiary/aromatic N) is 1. The molecule has 0 saturated carbocycles. The molecule has 1 fully saturated rings. The highest BCUT2D eigenvalue weighted by Crippen LogP contribution is 2.25. The van der Waals surface area contributed by atoms with Gasteiger partial charge in [-0.1, -0.05) is 32.9 Å². The van der Waals surface area contributed by atoms with Crippen LogP contribution < -0.4 is 16.0 Å². The second-order valence-electron chi connectivity index (χ2n) is 8.77. The molecule has 1 saturated heterocycles. The summed E-state index contributed by atoms with van der Waals surface area (Å²) < 4.78 is 0. The van der Waals surface area contributed by atoms with Gasteiger partial charge in [-0.25, -0.2) is 0 Å². The number of benzene rings is 1. The zero-order chi connectivity index (χ0) is 23.8. The molecule has 1 aromatic heterocycles. The summed E-state index contributed by atoms with van der Waals surface area (Å²) in [6.07, 6.45) is 2.51. The fraction of sp³-hybridized carbons (Fsp3) is 0.480. The molecule has 1 aromatic carbocycles. The average Bonchev–Trinajstić information content (AvgIpc) is 3.27. The number of carbonyl (C=O) groups excluding carboxylic acids is 3. The lowest BCUT2D eigenvalue weighted by Gasteiger charge is -2.31. The smallest absolute Gasteiger partial charge is 0.256 e. The summed E-state index contributed by atoms with van der Waals surface area (Å²) in [6, 6.07) is 9.34. The van der Waals surface area contributed by atoms with Crippen LogP contribution >= 0.6 is 11.3 Å². The predicted octanol–water partition coefficient (Wildman–Crippen LogP) is 3.84. The van der Waals surface area contributed by atoms with Crippen molar-refractivity contribution in [1.82, 2.24) is 15.5 Å². The van der Waals surface area contributed by atoms with Crippen LogP contribution in [0.4, 0.5) is 5.00 Å². The number of amides is 3. The van der Waals surface area contributed by atoms with Gasteiger partial charge in [-0.15, -0.1) is 11.3 Å². The Labute approximate surface area is 199 Å². The van der Waals surface area contributed by atoms with Gasteiger partial charge in [-0.3, -0.25) is 19.3 Å². The quantitative estimate of drug-likeness (QED) is 0.519. The van der Waals surface area contributed by atoms with Gasteiger partial charge in [0.25, 0.3) is 11.8 Å². The molecule has 33 heavy (non-hydrogen) atoms. The molecule has 3 amide bonds. The molecule has 0 radical (unpaired) electrons. The highest BCUT2D eigenvalue weighted by molar-refractivity contribution is 7.14. The molecule has 0 atom stereocenters. The minimum Gasteiger partial charge on any atom is -0.355 e. The normalized spacial score (nSPS) is 14.8. The Morgan fingerprint density at radius 3 is 2.39 bits per heavy atom. The lowest BCUT2D eigenvalue weighted by Crippen LogP contribution is -2.47. The predicted molar refractivity (Wildman–Crippen MR) is 133 cm³/mol. The van der Waals surface area contributed by atoms with Gasteiger partial charge in [0.1, 0.15) is 5.00 Å². The van der Waals surface area contributed by atoms with Crippen molar-refractivity contribution in [2.45, 2.75) is 52.0 Å². The Morgan fingerprint density at radius 1 is 1.06 bits per heavy atom. The van der Waals surface area contributed by atoms with Crippen LogP contribution in [-0.4, -0.2) is 54.8 Å². The van der Waals surface area contributed by atoms with Gasteiger partial charge in [0.2, 0.25) is 5.91 Å². The summed E-state index contributed by atoms with van der Waals surface area (Å²) in [4.78, 5) is 39.6. The molecule has 0 unspecified atom stereocenters. The minimum atomic E-state index is -0.225. The first kappa shape index (κ1) is 24.9. The highest BCUT2D eigenvalue weighted by Gasteiger charge is 2.24. The van der Waals surface area contributed by atoms with Crippen molar-refractivity contribution in [3.63, 3.8) is 0 Å². The fourth-order valence-electron chi connectivity index (χ4n) is 3.80. The number of anilines is 1. The Kier molecular flexibility index (Phi) is 9.03. The second-order valence-corrected chi connectivity index (χ2v) is 9.68. The number of piperidine rings is 1. The number of nitrogens with one attached hydrogen (secondary N) is 3. The lowest BCUT2D eigenvalue weighted by atomic mass is 10.0. The zero-order valence-corrected chi connectivity index (χ0v) is 20.5. The van der Waals surface area contributed by atoms with Gasteiger partial charge >= 0.3 is 0 Å². The molecule has 7 nitrogen and oxygen atoms in total. The maximum absolute atomic E-state index is 12.9. The van der Waals surface area contributed by atoms with Gasteiger partial charge in [-0.2, -0.15) is 0 Å². The maximum Gasteiger partial charge on any atom is 0.256 e. The summed E-state index contributed by atoms with van der Waals surface area (Å²) in [5.41, 5.74) is 2.22. The van der Waals surface area contributed by atoms with E-state index in [1.165, 1.54) is 16.9 Å². The molecule has 178 valence electrons. The molecule has 0 spiro atoms. The first-order valence-corrected chi connectivity index (χ1v) is 12.5. The summed E-state index contributed by atoms with van der Waals surface area (Å²) in [5.74, 6) is 0.0499. The van der Waals surface area contributed by atoms with Crippen molar-refractivity contribution in [3.8, 4) is 0 Å². The van der Waals surface area contributed by atoms with Crippen molar-refractivity contribution >= 4 is 34.1 Å². The second kappa shape index (κ2) is 12.0. The van der Waals surface area contributed by atoms with E-state index in [9.17, 15) is 14.4 Å². The van der Waals surface area contributed by atoms with Crippen LogP contribution in [-0.2, 0) is 4.79 Å². The number of hydrogen-bond donors (Lipinski definition) is 3. The van der Waals surface area contributed by atoms with E-state index in [2.05, 4.69) is 34.7 Å². The summed E-state index contributed by atoms with van der Waals surface area (Å²) >= 11 is 1.34. The van der Waals surface area contributed by atoms with Crippen LogP contribution in [0.15, 0.2) is 35.7 Å². The van der Waals surface area contributed by atoms with E-state index in [0.29, 0.717) is 35.1 Å². The maximum atomic E-state index is 12.9. The number of thiophene rings is 1. The number of carbonyl (C=O) groups is 3. The van der Waals surface area contributed by atoms with Crippen LogP contribution in [0.5, 0.6) is 0 Å². The van der Waals surface area contributed by atoms with Gasteiger partial charge in [0.15, 0.2) is 0 Å². The van der Waals surface area contributed by atoms with Crippen molar-refractivity contribution in [2.75, 3.05) is 31.5 Å². The first-order chi connectivity index (χ1) is 15.9. The van der Waals surface area contributed by atoms with Gasteiger partial charge in [-0.05, 0) is 54.3 Å². The molecule has 3 rings (SSSR count). The van der Waals surface area contributed by atoms with Crippen molar-refractivity contribution in [1.29, 1.82) is 0 Å². The van der Waals surface area contributed by atoms with E-state index in [1.807, 2.05) is 36.6 Å². The van der Waals surface area contributed by atoms with Gasteiger partial charge in [0.05, 0.1) is 12.1 Å². The van der Waals surface area contributed by atoms with Gasteiger partial charge in [0, 0.05) is 31.2 Å². The zero-order valence-electron chi connectivity index (χ0n) is 19.6. The molecule has 2 aromatic rings. The van der Waals surface area contributed by atoms with Crippen molar-refractivity contribution in [2.24, 2.45) is 0 Å². The highest BCUT2D eigenvalue weighted by atomic mass is 32.1. The first-order valence-electron chi connectivity index (χ1n) is 11.7. The summed E-state index contributed by atoms with van der Waals surface area (Å²) in [6.45, 7) is 8.89. The Balaban J connectivity index is 1.51. The van der Waals surface area contributed by atoms with E-state index in [-0.39, 0.29) is 23.8 Å². The third kappa shape index (κ3) is 7.14. The molecule has 0 aliphatic carbocycles. The third-order valence-corrected chi connectivity index (χ3v) is 6.67. The largest absolute Gasteiger partial charge is 0.355 e. The van der Waals surface area contributed by atoms with Crippen LogP contribution in [0.3, 0.4) is 0 Å². The van der Waals surface area contributed by atoms with Crippen LogP contribution in [0.25, 0.3) is 0 Å². The van der Waals surface area contributed by atoms with Crippen molar-refractivity contribution < 1.29 is 14.4 Å². The molecular weight excluding hydrogens is 436 g/mol. The Bertz CT molecular complexity index is 947. The molecule has 8 heteroatoms. The van der Waals surface area contributed by atoms with Crippen LogP contribution in [0.2, 0.25) is 0 Å². The number of likely N-dealkylation sites (tertiary alicyclic amines) is 1. The minimum absolute atomic E-state index is 0.0526. The summed E-state index contributed by atoms with van der Waals surface area (Å²) in [5, 5.41) is 11.2. The SMILES string of the molecule is CCCNC(=O)CN1CCC(NC(=O)c2ccsc2NC(=O)c2ccc(C(C)C)cc2)CC1. The van der Waals surface area contributed by atoms with Crippen LogP contribution in [0.1, 0.15) is 72.2 Å². The standard InChI is InChI=1S/C25H34N4O3S/c1-4-12-26-22(30)16-29-13-9-20(10-14-29)27-24(32)21-11-15-33-25(21)28-23(31)19-7-5-18(6-8-19)17(2)3/h5-8,11,15,17,20H,4,9-10,12-14,16H2,1-3H3,(H,26,30)(H,27,32)(H,28,31). The molecule has 2 heterocycles. The van der Waals surface area contributed by atoms with Gasteiger partial charge < -0.3 is 16.0 Å². The molecular formula is C25H34N4O3S. The Morgan fingerprint density at radius 2 is 1.76 bits per heavy atom. The van der Waals surface area contributed by atoms with E-state index in [0.717, 1.165) is 32.4 Å². The Hall–Kier alpha value is -2.71. The molecule has 3 N–H and O–H groups in total. The molecule has 1 aliphatic rings. The summed E-state index contributed by atoms with van der Waals surface area (Å²) in [7, 11) is 0. The van der Waals surface area contributed by atoms with Crippen molar-refractivity contribution in [3.05, 3.63) is 52.4 Å². The average molecular weight is 471 g/mol. The van der Waals surface area contributed by atoms with E-state index in [4.69, 9.17) is 0 Å². The third-order valence-electron chi connectivity index (χ3n) is 5.84. The topological polar surface area (TPSA) is 90.5 Å². The molecule has 0 bridgehead atoms.